The van der Waals surface area contributed by atoms with Gasteiger partial charge in [0.25, 0.3) is 6.71 Å². The first-order chi connectivity index (χ1) is 36.0. The Bertz CT molecular complexity index is 3610. The summed E-state index contributed by atoms with van der Waals surface area (Å²) in [7, 11) is 0. The molecule has 11 rings (SSSR count). The van der Waals surface area contributed by atoms with Gasteiger partial charge in [0, 0.05) is 39.7 Å². The minimum Gasteiger partial charge on any atom is -0.311 e. The van der Waals surface area contributed by atoms with Crippen molar-refractivity contribution in [3.63, 3.8) is 0 Å². The summed E-state index contributed by atoms with van der Waals surface area (Å²) in [5.74, 6) is 0. The summed E-state index contributed by atoms with van der Waals surface area (Å²) >= 11 is 0. The van der Waals surface area contributed by atoms with Crippen LogP contribution in [0.3, 0.4) is 0 Å². The Morgan fingerprint density at radius 1 is 0.500 bits per heavy atom. The number of nitrogens with zero attached hydrogens (tertiary/aromatic N) is 3. The SMILES string of the molecule is C=Cc1ccc(N(c2ccccc2)c2ccc3c(c2)N(c2c(C)cc(C(C)(C)C)cc2C)c2cc(C(C)(C)C)cc4c2B3c2cc3c(cc2N4c2c(C)cccc2C)C(C)(C)CCC3(C)C)c(-c2ccccc2)c1C=C. The maximum atomic E-state index is 4.41. The summed E-state index contributed by atoms with van der Waals surface area (Å²) in [6.45, 7) is 41.9. The van der Waals surface area contributed by atoms with Gasteiger partial charge in [-0.1, -0.05) is 192 Å². The predicted molar refractivity (Wildman–Crippen MR) is 332 cm³/mol. The van der Waals surface area contributed by atoms with Crippen LogP contribution in [0.2, 0.25) is 0 Å². The van der Waals surface area contributed by atoms with Crippen LogP contribution in [-0.2, 0) is 21.7 Å². The van der Waals surface area contributed by atoms with Crippen LogP contribution in [0, 0.1) is 27.7 Å². The molecule has 8 aromatic rings. The van der Waals surface area contributed by atoms with Crippen LogP contribution in [0.25, 0.3) is 23.3 Å². The van der Waals surface area contributed by atoms with Crippen molar-refractivity contribution in [2.24, 2.45) is 0 Å². The topological polar surface area (TPSA) is 9.72 Å². The number of fused-ring (bicyclic) bond motifs is 5. The Balaban J connectivity index is 1.30. The molecular formula is C72H76BN3. The Kier molecular flexibility index (Phi) is 12.2. The molecule has 0 spiro atoms. The molecule has 0 saturated heterocycles. The molecule has 0 amide bonds. The molecule has 0 saturated carbocycles. The number of anilines is 9. The number of benzene rings is 8. The van der Waals surface area contributed by atoms with Crippen LogP contribution < -0.4 is 31.1 Å². The fourth-order valence-corrected chi connectivity index (χ4v) is 13.1. The van der Waals surface area contributed by atoms with E-state index in [2.05, 4.69) is 270 Å². The molecule has 0 N–H and O–H groups in total. The van der Waals surface area contributed by atoms with Gasteiger partial charge in [-0.3, -0.25) is 0 Å². The largest absolute Gasteiger partial charge is 0.311 e. The molecule has 3 aliphatic rings. The highest BCUT2D eigenvalue weighted by Gasteiger charge is 2.48. The van der Waals surface area contributed by atoms with Crippen molar-refractivity contribution in [1.29, 1.82) is 0 Å². The number of hydrogen-bond donors (Lipinski definition) is 0. The van der Waals surface area contributed by atoms with E-state index in [1.807, 2.05) is 12.2 Å². The van der Waals surface area contributed by atoms with Crippen LogP contribution in [0.1, 0.15) is 138 Å². The molecule has 0 radical (unpaired) electrons. The standard InChI is InChI=1S/C72H76BN3/c1-17-49-32-35-60(65(55(49)18-2)50-28-21-19-22-29-50)74(53-30-23-20-24-31-53)54-33-34-58-61(42-54)75(68-47(5)38-51(39-48(68)6)69(7,8)9)63-40-52(70(10,11)12)41-64-66(63)73(58)59-43-56-57(72(15,16)37-36-71(56,13)14)44-62(59)76(64)67-45(3)26-25-27-46(67)4/h17-35,38-44H,1-2,36-37H2,3-16H3. The van der Waals surface area contributed by atoms with Crippen LogP contribution in [-0.4, -0.2) is 6.71 Å². The fourth-order valence-electron chi connectivity index (χ4n) is 13.1. The van der Waals surface area contributed by atoms with Gasteiger partial charge in [-0.2, -0.15) is 0 Å². The first-order valence-electron chi connectivity index (χ1n) is 27.7. The van der Waals surface area contributed by atoms with Crippen LogP contribution in [0.15, 0.2) is 159 Å². The lowest BCUT2D eigenvalue weighted by molar-refractivity contribution is 0.332. The normalized spacial score (nSPS) is 15.1. The molecule has 0 bridgehead atoms. The van der Waals surface area contributed by atoms with Crippen molar-refractivity contribution in [2.45, 2.75) is 131 Å². The van der Waals surface area contributed by atoms with Crippen molar-refractivity contribution in [3.8, 4) is 11.1 Å². The molecule has 0 fully saturated rings. The summed E-state index contributed by atoms with van der Waals surface area (Å²) < 4.78 is 0. The third kappa shape index (κ3) is 8.17. The zero-order valence-corrected chi connectivity index (χ0v) is 47.8. The summed E-state index contributed by atoms with van der Waals surface area (Å²) in [6, 6.07) is 55.7. The first kappa shape index (κ1) is 50.8. The van der Waals surface area contributed by atoms with Gasteiger partial charge in [0.05, 0.1) is 17.1 Å². The average molecular weight is 994 g/mol. The van der Waals surface area contributed by atoms with Gasteiger partial charge in [0.2, 0.25) is 0 Å². The van der Waals surface area contributed by atoms with E-state index < -0.39 is 0 Å². The van der Waals surface area contributed by atoms with Gasteiger partial charge in [-0.15, -0.1) is 0 Å². The highest BCUT2D eigenvalue weighted by Crippen LogP contribution is 2.54. The zero-order chi connectivity index (χ0) is 54.0. The Morgan fingerprint density at radius 2 is 1.03 bits per heavy atom. The number of rotatable bonds is 8. The van der Waals surface area contributed by atoms with Crippen LogP contribution in [0.5, 0.6) is 0 Å². The molecule has 1 aliphatic carbocycles. The van der Waals surface area contributed by atoms with Crippen molar-refractivity contribution in [2.75, 3.05) is 14.7 Å². The van der Waals surface area contributed by atoms with E-state index in [1.165, 1.54) is 95.0 Å². The molecule has 8 aromatic carbocycles. The lowest BCUT2D eigenvalue weighted by atomic mass is 9.33. The van der Waals surface area contributed by atoms with Crippen LogP contribution >= 0.6 is 0 Å². The van der Waals surface area contributed by atoms with E-state index in [0.29, 0.717) is 0 Å². The molecular weight excluding hydrogens is 918 g/mol. The monoisotopic (exact) mass is 994 g/mol. The quantitative estimate of drug-likeness (QED) is 0.141. The van der Waals surface area contributed by atoms with Gasteiger partial charge in [0.1, 0.15) is 0 Å². The second kappa shape index (κ2) is 18.2. The van der Waals surface area contributed by atoms with Crippen molar-refractivity contribution in [3.05, 3.63) is 214 Å². The Morgan fingerprint density at radius 3 is 1.58 bits per heavy atom. The minimum absolute atomic E-state index is 0.0109. The van der Waals surface area contributed by atoms with E-state index in [0.717, 1.165) is 52.2 Å². The Labute approximate surface area is 455 Å². The van der Waals surface area contributed by atoms with Gasteiger partial charge in [-0.05, 0) is 188 Å². The zero-order valence-electron chi connectivity index (χ0n) is 47.8. The molecule has 0 unspecified atom stereocenters. The van der Waals surface area contributed by atoms with Crippen LogP contribution in [0.4, 0.5) is 51.2 Å². The average Bonchev–Trinajstić information content (AvgIpc) is 3.47. The van der Waals surface area contributed by atoms with Gasteiger partial charge >= 0.3 is 0 Å². The molecule has 0 aromatic heterocycles. The van der Waals surface area contributed by atoms with Gasteiger partial charge in [-0.25, -0.2) is 0 Å². The molecule has 2 heterocycles. The summed E-state index contributed by atoms with van der Waals surface area (Å²) in [5, 5.41) is 0. The third-order valence-corrected chi connectivity index (χ3v) is 17.4. The summed E-state index contributed by atoms with van der Waals surface area (Å²) in [5.41, 5.74) is 29.6. The van der Waals surface area contributed by atoms with Crippen molar-refractivity contribution in [1.82, 2.24) is 0 Å². The van der Waals surface area contributed by atoms with Gasteiger partial charge < -0.3 is 14.7 Å². The number of aryl methyl sites for hydroxylation is 4. The highest BCUT2D eigenvalue weighted by molar-refractivity contribution is 7.00. The van der Waals surface area contributed by atoms with E-state index in [4.69, 9.17) is 0 Å². The van der Waals surface area contributed by atoms with E-state index >= 15 is 0 Å². The molecule has 3 nitrogen and oxygen atoms in total. The maximum absolute atomic E-state index is 4.41. The summed E-state index contributed by atoms with van der Waals surface area (Å²) in [4.78, 5) is 7.83. The van der Waals surface area contributed by atoms with Gasteiger partial charge in [0.15, 0.2) is 0 Å². The maximum Gasteiger partial charge on any atom is 0.252 e. The molecule has 0 atom stereocenters. The van der Waals surface area contributed by atoms with E-state index in [9.17, 15) is 0 Å². The second-order valence-corrected chi connectivity index (χ2v) is 25.6. The predicted octanol–water partition coefficient (Wildman–Crippen LogP) is 18.4. The minimum atomic E-state index is -0.165. The lowest BCUT2D eigenvalue weighted by Gasteiger charge is -2.48. The van der Waals surface area contributed by atoms with E-state index in [-0.39, 0.29) is 28.4 Å². The number of para-hydroxylation sites is 2. The smallest absolute Gasteiger partial charge is 0.252 e. The molecule has 4 heteroatoms. The fraction of sp³-hybridized carbons (Fsp3) is 0.278. The van der Waals surface area contributed by atoms with Crippen molar-refractivity contribution < 1.29 is 0 Å². The molecule has 2 aliphatic heterocycles. The third-order valence-electron chi connectivity index (χ3n) is 17.4. The van der Waals surface area contributed by atoms with Crippen molar-refractivity contribution >= 4 is 86.4 Å². The number of hydrogen-bond acceptors (Lipinski definition) is 3. The first-order valence-corrected chi connectivity index (χ1v) is 27.7. The Hall–Kier alpha value is -7.30. The lowest BCUT2D eigenvalue weighted by Crippen LogP contribution is -2.62. The molecule has 382 valence electrons. The summed E-state index contributed by atoms with van der Waals surface area (Å²) in [6.07, 6.45) is 6.24. The molecule has 76 heavy (non-hydrogen) atoms. The highest BCUT2D eigenvalue weighted by atomic mass is 15.2. The second-order valence-electron chi connectivity index (χ2n) is 25.6. The van der Waals surface area contributed by atoms with E-state index in [1.54, 1.807) is 0 Å².